The largest absolute Gasteiger partial charge is 0.276 e. The summed E-state index contributed by atoms with van der Waals surface area (Å²) in [7, 11) is 0. The summed E-state index contributed by atoms with van der Waals surface area (Å²) in [4.78, 5) is 56.7. The van der Waals surface area contributed by atoms with E-state index >= 15 is 0 Å². The second kappa shape index (κ2) is 10.2. The highest BCUT2D eigenvalue weighted by molar-refractivity contribution is 6.33. The molecule has 7 rings (SSSR count). The average Bonchev–Trinajstić information content (AvgIpc) is 3.02. The number of carbonyl (C=O) groups excluding carboxylic acids is 4. The zero-order chi connectivity index (χ0) is 28.8. The Bertz CT molecular complexity index is 1780. The van der Waals surface area contributed by atoms with Crippen LogP contribution >= 0.6 is 0 Å². The van der Waals surface area contributed by atoms with Gasteiger partial charge in [-0.25, -0.2) is 10.0 Å². The summed E-state index contributed by atoms with van der Waals surface area (Å²) in [6.07, 6.45) is 0. The summed E-state index contributed by atoms with van der Waals surface area (Å²) < 4.78 is 0. The molecule has 7 heteroatoms. The Balaban J connectivity index is 1.31. The van der Waals surface area contributed by atoms with Gasteiger partial charge in [0.1, 0.15) is 0 Å². The molecule has 42 heavy (non-hydrogen) atoms. The molecule has 204 valence electrons. The number of amides is 4. The predicted octanol–water partition coefficient (Wildman–Crippen LogP) is 5.85. The van der Waals surface area contributed by atoms with E-state index in [1.54, 1.807) is 29.3 Å². The van der Waals surface area contributed by atoms with Gasteiger partial charge in [-0.05, 0) is 41.0 Å². The van der Waals surface area contributed by atoms with Crippen LogP contribution in [0, 0.1) is 0 Å². The molecule has 0 saturated carbocycles. The van der Waals surface area contributed by atoms with E-state index in [0.29, 0.717) is 35.0 Å². The van der Waals surface area contributed by atoms with Crippen molar-refractivity contribution in [2.45, 2.75) is 19.6 Å². The molecule has 0 radical (unpaired) electrons. The Kier molecular flexibility index (Phi) is 6.22. The minimum absolute atomic E-state index is 0.127. The molecule has 0 unspecified atom stereocenters. The van der Waals surface area contributed by atoms with Gasteiger partial charge in [-0.2, -0.15) is 0 Å². The van der Waals surface area contributed by atoms with Crippen molar-refractivity contribution in [2.24, 2.45) is 0 Å². The maximum Gasteiger partial charge on any atom is 0.276 e. The third-order valence-corrected chi connectivity index (χ3v) is 7.84. The van der Waals surface area contributed by atoms with Gasteiger partial charge in [0.2, 0.25) is 0 Å². The average molecular weight is 552 g/mol. The third-order valence-electron chi connectivity index (χ3n) is 7.84. The molecule has 5 aromatic rings. The van der Waals surface area contributed by atoms with Gasteiger partial charge in [0, 0.05) is 35.0 Å². The van der Waals surface area contributed by atoms with Crippen molar-refractivity contribution in [3.05, 3.63) is 154 Å². The van der Waals surface area contributed by atoms with Crippen LogP contribution in [0.15, 0.2) is 115 Å². The van der Waals surface area contributed by atoms with Gasteiger partial charge in [0.25, 0.3) is 23.6 Å². The van der Waals surface area contributed by atoms with Crippen molar-refractivity contribution in [1.82, 2.24) is 14.9 Å². The van der Waals surface area contributed by atoms with Crippen LogP contribution in [0.5, 0.6) is 0 Å². The highest BCUT2D eigenvalue weighted by Crippen LogP contribution is 2.39. The van der Waals surface area contributed by atoms with Crippen molar-refractivity contribution >= 4 is 34.4 Å². The Morgan fingerprint density at radius 2 is 0.786 bits per heavy atom. The van der Waals surface area contributed by atoms with Crippen LogP contribution in [0.4, 0.5) is 0 Å². The molecule has 0 spiro atoms. The summed E-state index contributed by atoms with van der Waals surface area (Å²) in [5, 5.41) is 3.67. The van der Waals surface area contributed by atoms with Crippen LogP contribution in [-0.2, 0) is 19.6 Å². The highest BCUT2D eigenvalue weighted by Gasteiger charge is 2.41. The zero-order valence-corrected chi connectivity index (χ0v) is 22.6. The van der Waals surface area contributed by atoms with Crippen LogP contribution in [-0.4, -0.2) is 38.5 Å². The van der Waals surface area contributed by atoms with Crippen molar-refractivity contribution in [3.63, 3.8) is 0 Å². The van der Waals surface area contributed by atoms with Crippen LogP contribution in [0.2, 0.25) is 0 Å². The van der Waals surface area contributed by atoms with E-state index in [1.165, 1.54) is 9.91 Å². The number of rotatable bonds is 7. The normalized spacial score (nSPS) is 14.3. The van der Waals surface area contributed by atoms with E-state index < -0.39 is 23.6 Å². The lowest BCUT2D eigenvalue weighted by molar-refractivity contribution is -0.0120. The molecule has 2 aliphatic heterocycles. The lowest BCUT2D eigenvalue weighted by Crippen LogP contribution is -2.51. The van der Waals surface area contributed by atoms with Crippen LogP contribution in [0.25, 0.3) is 10.8 Å². The fourth-order valence-electron chi connectivity index (χ4n) is 5.86. The zero-order valence-electron chi connectivity index (χ0n) is 22.6. The number of nitrogens with zero attached hydrogens (tertiary/aromatic N) is 3. The smallest absolute Gasteiger partial charge is 0.270 e. The van der Waals surface area contributed by atoms with Gasteiger partial charge in [-0.15, -0.1) is 0 Å². The fraction of sp³-hybridized carbons (Fsp3) is 0.0857. The molecule has 0 bridgehead atoms. The number of hydrazine groups is 1. The fourth-order valence-corrected chi connectivity index (χ4v) is 5.86. The van der Waals surface area contributed by atoms with Crippen molar-refractivity contribution < 1.29 is 19.2 Å². The number of benzene rings is 5. The Hall–Kier alpha value is -5.40. The Morgan fingerprint density at radius 1 is 0.429 bits per heavy atom. The molecule has 2 heterocycles. The predicted molar refractivity (Wildman–Crippen MR) is 157 cm³/mol. The molecule has 4 amide bonds. The molecular weight excluding hydrogens is 526 g/mol. The van der Waals surface area contributed by atoms with Crippen molar-refractivity contribution in [1.29, 1.82) is 0 Å². The minimum atomic E-state index is -0.491. The first-order valence-corrected chi connectivity index (χ1v) is 13.7. The maximum absolute atomic E-state index is 14.1. The Labute approximate surface area is 242 Å². The van der Waals surface area contributed by atoms with Crippen LogP contribution in [0.3, 0.4) is 0 Å². The minimum Gasteiger partial charge on any atom is -0.270 e. The summed E-state index contributed by atoms with van der Waals surface area (Å²) in [6.45, 7) is 0.781. The molecule has 0 N–H and O–H groups in total. The molecule has 0 aromatic heterocycles. The lowest BCUT2D eigenvalue weighted by Gasteiger charge is -2.37. The van der Waals surface area contributed by atoms with E-state index in [0.717, 1.165) is 16.7 Å². The second-order valence-electron chi connectivity index (χ2n) is 10.5. The topological polar surface area (TPSA) is 78.0 Å². The number of carbonyl (C=O) groups is 4. The SMILES string of the molecule is O=C1c2ccc3c4c(ccc(c24)C(=O)N1Cc1ccccc1)C(=O)N(N(Cc1ccccc1)Cc1ccccc1)C3=O. The number of imide groups is 2. The van der Waals surface area contributed by atoms with Crippen LogP contribution < -0.4 is 0 Å². The Morgan fingerprint density at radius 3 is 1.19 bits per heavy atom. The van der Waals surface area contributed by atoms with Gasteiger partial charge >= 0.3 is 0 Å². The van der Waals surface area contributed by atoms with Crippen molar-refractivity contribution in [2.75, 3.05) is 0 Å². The van der Waals surface area contributed by atoms with E-state index in [-0.39, 0.29) is 17.7 Å². The quantitative estimate of drug-likeness (QED) is 0.237. The molecule has 0 aliphatic carbocycles. The first-order valence-electron chi connectivity index (χ1n) is 13.7. The van der Waals surface area contributed by atoms with Crippen molar-refractivity contribution in [3.8, 4) is 0 Å². The van der Waals surface area contributed by atoms with Crippen LogP contribution in [0.1, 0.15) is 58.1 Å². The molecule has 0 fully saturated rings. The first kappa shape index (κ1) is 25.6. The molecule has 5 aromatic carbocycles. The van der Waals surface area contributed by atoms with Gasteiger partial charge < -0.3 is 0 Å². The lowest BCUT2D eigenvalue weighted by atomic mass is 9.86. The monoisotopic (exact) mass is 551 g/mol. The molecule has 7 nitrogen and oxygen atoms in total. The maximum atomic E-state index is 14.1. The van der Waals surface area contributed by atoms with E-state index in [2.05, 4.69) is 0 Å². The van der Waals surface area contributed by atoms with Gasteiger partial charge in [0.05, 0.1) is 17.7 Å². The third kappa shape index (κ3) is 4.19. The second-order valence-corrected chi connectivity index (χ2v) is 10.5. The van der Waals surface area contributed by atoms with E-state index in [1.807, 2.05) is 91.0 Å². The number of hydrogen-bond donors (Lipinski definition) is 0. The first-order chi connectivity index (χ1) is 20.5. The molecule has 2 aliphatic rings. The summed E-state index contributed by atoms with van der Waals surface area (Å²) in [6, 6.07) is 35.0. The van der Waals surface area contributed by atoms with E-state index in [9.17, 15) is 19.2 Å². The summed E-state index contributed by atoms with van der Waals surface area (Å²) >= 11 is 0. The standard InChI is InChI=1S/C35H25N3O4/c39-32-26-16-18-28-31-29(19-17-27(30(26)31)33(40)37(32)22-25-14-8-3-9-15-25)35(42)38(34(28)41)36(20-23-10-4-1-5-11-23)21-24-12-6-2-7-13-24/h1-19H,20-22H2. The van der Waals surface area contributed by atoms with E-state index in [4.69, 9.17) is 0 Å². The number of hydrogen-bond acceptors (Lipinski definition) is 5. The molecule has 0 saturated heterocycles. The molecule has 0 atom stereocenters. The molecular formula is C35H25N3O4. The summed E-state index contributed by atoms with van der Waals surface area (Å²) in [5.74, 6) is -1.88. The van der Waals surface area contributed by atoms with Gasteiger partial charge in [-0.1, -0.05) is 91.0 Å². The van der Waals surface area contributed by atoms with Gasteiger partial charge in [-0.3, -0.25) is 24.1 Å². The summed E-state index contributed by atoms with van der Waals surface area (Å²) in [5.41, 5.74) is 3.90. The highest BCUT2D eigenvalue weighted by atomic mass is 16.2. The van der Waals surface area contributed by atoms with Gasteiger partial charge in [0.15, 0.2) is 0 Å².